The maximum Gasteiger partial charge on any atom is 0.550 e. The summed E-state index contributed by atoms with van der Waals surface area (Å²) in [4.78, 5) is 59.6. The first-order valence-electron chi connectivity index (χ1n) is 10.6. The molecule has 2 unspecified atom stereocenters. The summed E-state index contributed by atoms with van der Waals surface area (Å²) in [5.41, 5.74) is 0. The number of carbonyl (C=O) groups excluding carboxylic acids is 4. The van der Waals surface area contributed by atoms with Gasteiger partial charge < -0.3 is 18.9 Å². The third-order valence-corrected chi connectivity index (χ3v) is 3.54. The minimum absolute atomic E-state index is 0.240. The molecular weight excluding hydrogens is 432 g/mol. The van der Waals surface area contributed by atoms with Gasteiger partial charge in [-0.1, -0.05) is 40.5 Å². The number of ether oxygens (including phenoxy) is 4. The Bertz CT molecular complexity index is 477. The fourth-order valence-corrected chi connectivity index (χ4v) is 1.32. The van der Waals surface area contributed by atoms with Crippen LogP contribution < -0.4 is 0 Å². The Balaban J connectivity index is 0. The summed E-state index contributed by atoms with van der Waals surface area (Å²) in [6, 6.07) is 0. The highest BCUT2D eigenvalue weighted by Crippen LogP contribution is 2.02. The first kappa shape index (κ1) is 31.3. The lowest BCUT2D eigenvalue weighted by Crippen LogP contribution is -2.20. The summed E-state index contributed by atoms with van der Waals surface area (Å²) in [5.74, 6) is 0. The molecule has 0 aromatic carbocycles. The molecule has 0 heterocycles. The van der Waals surface area contributed by atoms with Gasteiger partial charge in [0.25, 0.3) is 0 Å². The third-order valence-electron chi connectivity index (χ3n) is 3.54. The minimum atomic E-state index is -1.06. The maximum absolute atomic E-state index is 10.9. The molecule has 0 aliphatic carbocycles. The van der Waals surface area contributed by atoms with E-state index in [-0.39, 0.29) is 25.4 Å². The first-order valence-corrected chi connectivity index (χ1v) is 10.6. The highest BCUT2D eigenvalue weighted by atomic mass is 17.3. The second-order valence-electron chi connectivity index (χ2n) is 6.41. The molecular formula is C20H36O12. The van der Waals surface area contributed by atoms with Crippen molar-refractivity contribution in [1.29, 1.82) is 0 Å². The Morgan fingerprint density at radius 2 is 0.875 bits per heavy atom. The van der Waals surface area contributed by atoms with Crippen molar-refractivity contribution in [1.82, 2.24) is 0 Å². The molecule has 0 aromatic heterocycles. The molecule has 188 valence electrons. The van der Waals surface area contributed by atoms with Gasteiger partial charge in [-0.15, -0.1) is 0 Å². The van der Waals surface area contributed by atoms with Gasteiger partial charge in [0.1, 0.15) is 12.2 Å². The molecule has 0 aromatic rings. The molecule has 0 saturated heterocycles. The molecule has 0 spiro atoms. The number of carbonyl (C=O) groups is 4. The van der Waals surface area contributed by atoms with Crippen LogP contribution >= 0.6 is 0 Å². The molecule has 0 fully saturated rings. The Labute approximate surface area is 188 Å². The third kappa shape index (κ3) is 21.8. The lowest BCUT2D eigenvalue weighted by atomic mass is 10.3. The molecule has 2 atom stereocenters. The smallest absolute Gasteiger partial charge is 0.432 e. The zero-order valence-electron chi connectivity index (χ0n) is 19.7. The van der Waals surface area contributed by atoms with Crippen LogP contribution in [0.4, 0.5) is 19.2 Å². The molecule has 0 saturated carbocycles. The lowest BCUT2D eigenvalue weighted by Gasteiger charge is -2.11. The fourth-order valence-electron chi connectivity index (χ4n) is 1.32. The Kier molecular flexibility index (Phi) is 20.8. The van der Waals surface area contributed by atoms with Gasteiger partial charge in [0.2, 0.25) is 0 Å². The quantitative estimate of drug-likeness (QED) is 0.129. The monoisotopic (exact) mass is 468 g/mol. The van der Waals surface area contributed by atoms with E-state index in [9.17, 15) is 19.2 Å². The van der Waals surface area contributed by atoms with Crippen LogP contribution in [0.5, 0.6) is 0 Å². The SMILES string of the molecule is CCC(C)OC(=O)OOC(=O)OC(C)CC.CCCCOC(=O)OOC(=O)OCCCC. The summed E-state index contributed by atoms with van der Waals surface area (Å²) >= 11 is 0. The van der Waals surface area contributed by atoms with Gasteiger partial charge in [0, 0.05) is 0 Å². The van der Waals surface area contributed by atoms with E-state index in [0.717, 1.165) is 25.7 Å². The normalized spacial score (nSPS) is 11.4. The highest BCUT2D eigenvalue weighted by molar-refractivity contribution is 5.64. The van der Waals surface area contributed by atoms with Crippen molar-refractivity contribution in [3.05, 3.63) is 0 Å². The molecule has 12 nitrogen and oxygen atoms in total. The van der Waals surface area contributed by atoms with E-state index in [2.05, 4.69) is 38.5 Å². The second kappa shape index (κ2) is 21.3. The topological polar surface area (TPSA) is 142 Å². The average Bonchev–Trinajstić information content (AvgIpc) is 2.76. The van der Waals surface area contributed by atoms with Crippen LogP contribution in [0.15, 0.2) is 0 Å². The average molecular weight is 468 g/mol. The van der Waals surface area contributed by atoms with Gasteiger partial charge in [-0.25, -0.2) is 0 Å². The van der Waals surface area contributed by atoms with E-state index in [1.54, 1.807) is 13.8 Å². The summed E-state index contributed by atoms with van der Waals surface area (Å²) < 4.78 is 18.5. The van der Waals surface area contributed by atoms with Gasteiger partial charge >= 0.3 is 24.6 Å². The van der Waals surface area contributed by atoms with Crippen LogP contribution in [-0.4, -0.2) is 50.0 Å². The second-order valence-corrected chi connectivity index (χ2v) is 6.41. The van der Waals surface area contributed by atoms with Crippen molar-refractivity contribution < 1.29 is 57.7 Å². The van der Waals surface area contributed by atoms with Crippen LogP contribution in [0, 0.1) is 0 Å². The van der Waals surface area contributed by atoms with Gasteiger partial charge in [-0.05, 0) is 39.5 Å². The molecule has 32 heavy (non-hydrogen) atoms. The predicted molar refractivity (Wildman–Crippen MR) is 109 cm³/mol. The Morgan fingerprint density at radius 1 is 0.562 bits per heavy atom. The van der Waals surface area contributed by atoms with Gasteiger partial charge in [-0.3, -0.25) is 0 Å². The van der Waals surface area contributed by atoms with E-state index in [4.69, 9.17) is 0 Å². The fraction of sp³-hybridized carbons (Fsp3) is 0.800. The number of rotatable bonds is 10. The molecule has 0 rings (SSSR count). The number of unbranched alkanes of at least 4 members (excludes halogenated alkanes) is 2. The van der Waals surface area contributed by atoms with Gasteiger partial charge in [0.15, 0.2) is 0 Å². The zero-order valence-corrected chi connectivity index (χ0v) is 19.7. The molecule has 0 bridgehead atoms. The van der Waals surface area contributed by atoms with Crippen molar-refractivity contribution >= 4 is 24.6 Å². The van der Waals surface area contributed by atoms with Crippen LogP contribution in [-0.2, 0) is 38.5 Å². The first-order chi connectivity index (χ1) is 15.2. The Hall–Kier alpha value is -2.92. The van der Waals surface area contributed by atoms with E-state index in [0.29, 0.717) is 12.8 Å². The van der Waals surface area contributed by atoms with Crippen molar-refractivity contribution in [3.63, 3.8) is 0 Å². The van der Waals surface area contributed by atoms with Crippen LogP contribution in [0.25, 0.3) is 0 Å². The molecule has 0 N–H and O–H groups in total. The lowest BCUT2D eigenvalue weighted by molar-refractivity contribution is -0.223. The van der Waals surface area contributed by atoms with Crippen molar-refractivity contribution in [2.24, 2.45) is 0 Å². The maximum atomic E-state index is 10.9. The standard InChI is InChI=1S/2C10H18O6/c1-5-7(3)13-9(11)15-16-10(12)14-8(4)6-2;1-3-5-7-13-9(11)15-16-10(12)14-8-6-4-2/h7-8H,5-6H2,1-4H3;3-8H2,1-2H3. The van der Waals surface area contributed by atoms with E-state index < -0.39 is 24.6 Å². The summed E-state index contributed by atoms with van der Waals surface area (Å²) in [6.07, 6.45) is -0.234. The van der Waals surface area contributed by atoms with Crippen molar-refractivity contribution in [2.75, 3.05) is 13.2 Å². The summed E-state index contributed by atoms with van der Waals surface area (Å²) in [7, 11) is 0. The molecule has 0 aliphatic heterocycles. The van der Waals surface area contributed by atoms with Gasteiger partial charge in [-0.2, -0.15) is 38.7 Å². The molecule has 0 amide bonds. The van der Waals surface area contributed by atoms with Crippen LogP contribution in [0.3, 0.4) is 0 Å². The van der Waals surface area contributed by atoms with Crippen LogP contribution in [0.2, 0.25) is 0 Å². The van der Waals surface area contributed by atoms with Crippen LogP contribution in [0.1, 0.15) is 80.1 Å². The van der Waals surface area contributed by atoms with E-state index >= 15 is 0 Å². The highest BCUT2D eigenvalue weighted by Gasteiger charge is 2.16. The van der Waals surface area contributed by atoms with Gasteiger partial charge in [0.05, 0.1) is 13.2 Å². The van der Waals surface area contributed by atoms with Crippen molar-refractivity contribution in [2.45, 2.75) is 92.3 Å². The number of hydrogen-bond acceptors (Lipinski definition) is 12. The largest absolute Gasteiger partial charge is 0.550 e. The Morgan fingerprint density at radius 3 is 1.16 bits per heavy atom. The molecule has 12 heteroatoms. The van der Waals surface area contributed by atoms with E-state index in [1.165, 1.54) is 0 Å². The van der Waals surface area contributed by atoms with Crippen molar-refractivity contribution in [3.8, 4) is 0 Å². The summed E-state index contributed by atoms with van der Waals surface area (Å²) in [6.45, 7) is 11.5. The van der Waals surface area contributed by atoms with E-state index in [1.807, 2.05) is 27.7 Å². The predicted octanol–water partition coefficient (Wildman–Crippen LogP) is 5.61. The zero-order chi connectivity index (χ0) is 24.8. The minimum Gasteiger partial charge on any atom is -0.432 e. The molecule has 0 aliphatic rings. The summed E-state index contributed by atoms with van der Waals surface area (Å²) in [5, 5.41) is 0. The molecule has 0 radical (unpaired) electrons. The number of hydrogen-bond donors (Lipinski definition) is 0.